The molecule has 0 atom stereocenters. The van der Waals surface area contributed by atoms with Gasteiger partial charge in [0, 0.05) is 37.4 Å². The number of nitrogens with zero attached hydrogens (tertiary/aromatic N) is 2. The molecule has 1 fully saturated rings. The van der Waals surface area contributed by atoms with Crippen LogP contribution in [0, 0.1) is 11.6 Å². The molecule has 7 heteroatoms. The van der Waals surface area contributed by atoms with Crippen molar-refractivity contribution < 1.29 is 18.4 Å². The molecular weight excluding hydrogens is 340 g/mol. The molecule has 0 spiro atoms. The lowest BCUT2D eigenvalue weighted by molar-refractivity contribution is 0.101. The fourth-order valence-corrected chi connectivity index (χ4v) is 2.88. The summed E-state index contributed by atoms with van der Waals surface area (Å²) < 4.78 is 27.3. The summed E-state index contributed by atoms with van der Waals surface area (Å²) in [6, 6.07) is 10.2. The number of carbonyl (C=O) groups excluding carboxylic acids is 2. The molecular formula is C19H19F2N3O2. The van der Waals surface area contributed by atoms with E-state index >= 15 is 0 Å². The third-order valence-electron chi connectivity index (χ3n) is 4.40. The van der Waals surface area contributed by atoms with Crippen LogP contribution in [0.1, 0.15) is 17.3 Å². The first-order chi connectivity index (χ1) is 12.5. The van der Waals surface area contributed by atoms with Gasteiger partial charge in [-0.15, -0.1) is 0 Å². The van der Waals surface area contributed by atoms with Crippen molar-refractivity contribution in [1.82, 2.24) is 4.90 Å². The Labute approximate surface area is 150 Å². The molecule has 0 unspecified atom stereocenters. The highest BCUT2D eigenvalue weighted by atomic mass is 19.1. The molecule has 2 aromatic carbocycles. The number of rotatable bonds is 3. The van der Waals surface area contributed by atoms with Gasteiger partial charge in [-0.05, 0) is 43.3 Å². The van der Waals surface area contributed by atoms with Gasteiger partial charge in [0.05, 0.1) is 0 Å². The second kappa shape index (κ2) is 7.51. The van der Waals surface area contributed by atoms with E-state index in [1.54, 1.807) is 12.1 Å². The number of nitrogens with one attached hydrogen (secondary N) is 1. The summed E-state index contributed by atoms with van der Waals surface area (Å²) in [5.41, 5.74) is 1.19. The topological polar surface area (TPSA) is 52.7 Å². The van der Waals surface area contributed by atoms with E-state index < -0.39 is 23.4 Å². The first kappa shape index (κ1) is 17.8. The fraction of sp³-hybridized carbons (Fsp3) is 0.263. The Kier molecular flexibility index (Phi) is 5.16. The Hall–Kier alpha value is -2.96. The Balaban J connectivity index is 1.59. The minimum absolute atomic E-state index is 0.0124. The molecule has 1 aliphatic rings. The molecule has 1 saturated heterocycles. The largest absolute Gasteiger partial charge is 0.368 e. The molecule has 5 nitrogen and oxygen atoms in total. The van der Waals surface area contributed by atoms with Gasteiger partial charge in [0.25, 0.3) is 0 Å². The van der Waals surface area contributed by atoms with Gasteiger partial charge < -0.3 is 15.1 Å². The molecule has 1 N–H and O–H groups in total. The fourth-order valence-electron chi connectivity index (χ4n) is 2.88. The molecule has 2 aromatic rings. The monoisotopic (exact) mass is 359 g/mol. The van der Waals surface area contributed by atoms with E-state index in [-0.39, 0.29) is 5.78 Å². The summed E-state index contributed by atoms with van der Waals surface area (Å²) in [5.74, 6) is -1.59. The Morgan fingerprint density at radius 1 is 0.923 bits per heavy atom. The maximum absolute atomic E-state index is 13.6. The van der Waals surface area contributed by atoms with Gasteiger partial charge in [-0.3, -0.25) is 4.79 Å². The third kappa shape index (κ3) is 3.82. The van der Waals surface area contributed by atoms with E-state index in [0.29, 0.717) is 31.7 Å². The lowest BCUT2D eigenvalue weighted by atomic mass is 10.1. The molecule has 136 valence electrons. The highest BCUT2D eigenvalue weighted by molar-refractivity contribution is 5.94. The van der Waals surface area contributed by atoms with Gasteiger partial charge in [-0.25, -0.2) is 13.6 Å². The second-order valence-corrected chi connectivity index (χ2v) is 6.10. The number of urea groups is 1. The maximum Gasteiger partial charge on any atom is 0.322 e. The zero-order valence-electron chi connectivity index (χ0n) is 14.3. The van der Waals surface area contributed by atoms with Crippen LogP contribution in [0.15, 0.2) is 42.5 Å². The second-order valence-electron chi connectivity index (χ2n) is 6.10. The van der Waals surface area contributed by atoms with E-state index in [2.05, 4.69) is 10.2 Å². The predicted molar refractivity (Wildman–Crippen MR) is 95.6 cm³/mol. The van der Waals surface area contributed by atoms with Crippen molar-refractivity contribution in [3.63, 3.8) is 0 Å². The summed E-state index contributed by atoms with van der Waals surface area (Å²) in [6.45, 7) is 3.55. The Morgan fingerprint density at radius 2 is 1.50 bits per heavy atom. The maximum atomic E-state index is 13.6. The number of hydrogen-bond donors (Lipinski definition) is 1. The zero-order valence-corrected chi connectivity index (χ0v) is 14.3. The van der Waals surface area contributed by atoms with E-state index in [9.17, 15) is 18.4 Å². The molecule has 2 amide bonds. The molecule has 0 bridgehead atoms. The van der Waals surface area contributed by atoms with Crippen LogP contribution < -0.4 is 10.2 Å². The van der Waals surface area contributed by atoms with Crippen LogP contribution in [0.4, 0.5) is 25.0 Å². The van der Waals surface area contributed by atoms with Gasteiger partial charge in [0.2, 0.25) is 0 Å². The molecule has 0 aliphatic carbocycles. The number of piperazine rings is 1. The SMILES string of the molecule is CC(=O)c1ccc(N2CCN(C(=O)Nc3c(F)cccc3F)CC2)cc1. The number of amides is 2. The van der Waals surface area contributed by atoms with Crippen molar-refractivity contribution in [3.8, 4) is 0 Å². The number of benzene rings is 2. The summed E-state index contributed by atoms with van der Waals surface area (Å²) in [6.07, 6.45) is 0. The number of halogens is 2. The van der Waals surface area contributed by atoms with Gasteiger partial charge in [0.15, 0.2) is 5.78 Å². The van der Waals surface area contributed by atoms with E-state index in [1.165, 1.54) is 17.9 Å². The van der Waals surface area contributed by atoms with Crippen molar-refractivity contribution in [2.75, 3.05) is 36.4 Å². The van der Waals surface area contributed by atoms with Gasteiger partial charge in [-0.2, -0.15) is 0 Å². The van der Waals surface area contributed by atoms with Gasteiger partial charge in [0.1, 0.15) is 17.3 Å². The summed E-state index contributed by atoms with van der Waals surface area (Å²) in [5, 5.41) is 2.30. The molecule has 1 heterocycles. The van der Waals surface area contributed by atoms with Crippen molar-refractivity contribution in [1.29, 1.82) is 0 Å². The van der Waals surface area contributed by atoms with E-state index in [4.69, 9.17) is 0 Å². The smallest absolute Gasteiger partial charge is 0.322 e. The van der Waals surface area contributed by atoms with Gasteiger partial charge >= 0.3 is 6.03 Å². The number of anilines is 2. The van der Waals surface area contributed by atoms with Crippen LogP contribution in [0.2, 0.25) is 0 Å². The summed E-state index contributed by atoms with van der Waals surface area (Å²) >= 11 is 0. The van der Waals surface area contributed by atoms with Crippen LogP contribution in [0.25, 0.3) is 0 Å². The van der Waals surface area contributed by atoms with Crippen LogP contribution in [0.3, 0.4) is 0 Å². The normalized spacial score (nSPS) is 14.3. The standard InChI is InChI=1S/C19H19F2N3O2/c1-13(25)14-5-7-15(8-6-14)23-9-11-24(12-10-23)19(26)22-18-16(20)3-2-4-17(18)21/h2-8H,9-12H2,1H3,(H,22,26). The molecule has 26 heavy (non-hydrogen) atoms. The average molecular weight is 359 g/mol. The highest BCUT2D eigenvalue weighted by Crippen LogP contribution is 2.20. The molecule has 0 radical (unpaired) electrons. The lowest BCUT2D eigenvalue weighted by Crippen LogP contribution is -2.50. The number of hydrogen-bond acceptors (Lipinski definition) is 3. The van der Waals surface area contributed by atoms with E-state index in [0.717, 1.165) is 17.8 Å². The van der Waals surface area contributed by atoms with Crippen LogP contribution in [-0.2, 0) is 0 Å². The molecule has 0 saturated carbocycles. The predicted octanol–water partition coefficient (Wildman–Crippen LogP) is 3.52. The quantitative estimate of drug-likeness (QED) is 0.853. The minimum Gasteiger partial charge on any atom is -0.368 e. The minimum atomic E-state index is -0.803. The first-order valence-electron chi connectivity index (χ1n) is 8.31. The highest BCUT2D eigenvalue weighted by Gasteiger charge is 2.23. The average Bonchev–Trinajstić information content (AvgIpc) is 2.65. The Bertz CT molecular complexity index is 796. The number of carbonyl (C=O) groups is 2. The van der Waals surface area contributed by atoms with Crippen molar-refractivity contribution in [2.45, 2.75) is 6.92 Å². The number of ketones is 1. The summed E-state index contributed by atoms with van der Waals surface area (Å²) in [4.78, 5) is 27.2. The molecule has 3 rings (SSSR count). The van der Waals surface area contributed by atoms with Crippen molar-refractivity contribution in [2.24, 2.45) is 0 Å². The van der Waals surface area contributed by atoms with Crippen LogP contribution >= 0.6 is 0 Å². The summed E-state index contributed by atoms with van der Waals surface area (Å²) in [7, 11) is 0. The Morgan fingerprint density at radius 3 is 2.04 bits per heavy atom. The third-order valence-corrected chi connectivity index (χ3v) is 4.40. The van der Waals surface area contributed by atoms with Gasteiger partial charge in [-0.1, -0.05) is 6.07 Å². The van der Waals surface area contributed by atoms with Crippen molar-refractivity contribution in [3.05, 3.63) is 59.7 Å². The molecule has 1 aliphatic heterocycles. The lowest BCUT2D eigenvalue weighted by Gasteiger charge is -2.36. The van der Waals surface area contributed by atoms with E-state index in [1.807, 2.05) is 12.1 Å². The number of Topliss-reactive ketones (excluding diaryl/α,β-unsaturated/α-hetero) is 1. The van der Waals surface area contributed by atoms with Crippen LogP contribution in [0.5, 0.6) is 0 Å². The first-order valence-corrected chi connectivity index (χ1v) is 8.31. The van der Waals surface area contributed by atoms with Crippen LogP contribution in [-0.4, -0.2) is 42.9 Å². The zero-order chi connectivity index (χ0) is 18.7. The number of para-hydroxylation sites is 1. The molecule has 0 aromatic heterocycles. The van der Waals surface area contributed by atoms with Crippen molar-refractivity contribution >= 4 is 23.2 Å².